The van der Waals surface area contributed by atoms with Crippen molar-refractivity contribution in [1.29, 1.82) is 0 Å². The number of aliphatic hydroxyl groups excluding tert-OH is 1. The largest absolute Gasteiger partial charge is 0.493 e. The van der Waals surface area contributed by atoms with E-state index in [4.69, 9.17) is 18.9 Å². The van der Waals surface area contributed by atoms with Gasteiger partial charge in [0.15, 0.2) is 11.5 Å². The van der Waals surface area contributed by atoms with Crippen LogP contribution in [0.3, 0.4) is 0 Å². The molecule has 2 atom stereocenters. The molecule has 1 aliphatic carbocycles. The zero-order chi connectivity index (χ0) is 14.5. The number of benzene rings is 1. The van der Waals surface area contributed by atoms with Crippen LogP contribution < -0.4 is 18.9 Å². The lowest BCUT2D eigenvalue weighted by atomic mass is 9.95. The Balaban J connectivity index is 2.23. The summed E-state index contributed by atoms with van der Waals surface area (Å²) < 4.78 is 21.7. The molecule has 5 heteroatoms. The molecule has 5 nitrogen and oxygen atoms in total. The quantitative estimate of drug-likeness (QED) is 0.898. The molecule has 0 spiro atoms. The smallest absolute Gasteiger partial charge is 0.203 e. The van der Waals surface area contributed by atoms with Gasteiger partial charge in [-0.1, -0.05) is 6.42 Å². The lowest BCUT2D eigenvalue weighted by Gasteiger charge is -2.28. The van der Waals surface area contributed by atoms with E-state index in [1.54, 1.807) is 33.5 Å². The standard InChI is InChI=1S/C15H22O5/c1-17-13-8-10(9-14(18-2)15(13)19-3)20-12-7-5-4-6-11(12)16/h8-9,11-12,16H,4-7H2,1-3H3. The van der Waals surface area contributed by atoms with Gasteiger partial charge in [-0.05, 0) is 19.3 Å². The number of methoxy groups -OCH3 is 3. The SMILES string of the molecule is COc1cc(OC2CCCCC2O)cc(OC)c1OC. The molecule has 1 aromatic rings. The van der Waals surface area contributed by atoms with E-state index in [0.717, 1.165) is 25.7 Å². The maximum Gasteiger partial charge on any atom is 0.203 e. The molecule has 0 amide bonds. The molecule has 0 radical (unpaired) electrons. The molecule has 0 heterocycles. The van der Waals surface area contributed by atoms with Gasteiger partial charge < -0.3 is 24.1 Å². The van der Waals surface area contributed by atoms with E-state index in [-0.39, 0.29) is 6.10 Å². The first-order chi connectivity index (χ1) is 9.69. The summed E-state index contributed by atoms with van der Waals surface area (Å²) in [6, 6.07) is 3.51. The van der Waals surface area contributed by atoms with Crippen LogP contribution in [0.25, 0.3) is 0 Å². The van der Waals surface area contributed by atoms with Crippen LogP contribution in [0, 0.1) is 0 Å². The molecule has 112 valence electrons. The number of hydrogen-bond donors (Lipinski definition) is 1. The first-order valence-corrected chi connectivity index (χ1v) is 6.84. The number of rotatable bonds is 5. The van der Waals surface area contributed by atoms with Gasteiger partial charge in [-0.25, -0.2) is 0 Å². The van der Waals surface area contributed by atoms with Crippen molar-refractivity contribution in [3.63, 3.8) is 0 Å². The summed E-state index contributed by atoms with van der Waals surface area (Å²) in [5.41, 5.74) is 0. The minimum Gasteiger partial charge on any atom is -0.493 e. The number of aliphatic hydroxyl groups is 1. The topological polar surface area (TPSA) is 57.2 Å². The molecule has 1 fully saturated rings. The highest BCUT2D eigenvalue weighted by Gasteiger charge is 2.25. The Morgan fingerprint density at radius 3 is 2.05 bits per heavy atom. The molecule has 1 aromatic carbocycles. The van der Waals surface area contributed by atoms with Crippen molar-refractivity contribution in [1.82, 2.24) is 0 Å². The second-order valence-electron chi connectivity index (χ2n) is 4.87. The van der Waals surface area contributed by atoms with Crippen molar-refractivity contribution < 1.29 is 24.1 Å². The Bertz CT molecular complexity index is 421. The third-order valence-electron chi connectivity index (χ3n) is 3.59. The summed E-state index contributed by atoms with van der Waals surface area (Å²) in [7, 11) is 4.69. The fraction of sp³-hybridized carbons (Fsp3) is 0.600. The zero-order valence-corrected chi connectivity index (χ0v) is 12.2. The van der Waals surface area contributed by atoms with E-state index in [1.165, 1.54) is 0 Å². The normalized spacial score (nSPS) is 22.2. The lowest BCUT2D eigenvalue weighted by molar-refractivity contribution is 0.00664. The number of ether oxygens (including phenoxy) is 4. The van der Waals surface area contributed by atoms with Crippen molar-refractivity contribution in [2.45, 2.75) is 37.9 Å². The lowest BCUT2D eigenvalue weighted by Crippen LogP contribution is -2.34. The van der Waals surface area contributed by atoms with Gasteiger partial charge in [0, 0.05) is 12.1 Å². The van der Waals surface area contributed by atoms with Crippen molar-refractivity contribution >= 4 is 0 Å². The average Bonchev–Trinajstić information content (AvgIpc) is 2.48. The molecular formula is C15H22O5. The molecule has 1 saturated carbocycles. The summed E-state index contributed by atoms with van der Waals surface area (Å²) in [5.74, 6) is 2.25. The minimum absolute atomic E-state index is 0.174. The molecule has 2 unspecified atom stereocenters. The average molecular weight is 282 g/mol. The van der Waals surface area contributed by atoms with Gasteiger partial charge in [-0.15, -0.1) is 0 Å². The van der Waals surface area contributed by atoms with E-state index in [2.05, 4.69) is 0 Å². The van der Waals surface area contributed by atoms with Crippen molar-refractivity contribution in [3.05, 3.63) is 12.1 Å². The van der Waals surface area contributed by atoms with Gasteiger partial charge in [0.2, 0.25) is 5.75 Å². The highest BCUT2D eigenvalue weighted by atomic mass is 16.5. The maximum absolute atomic E-state index is 9.97. The third kappa shape index (κ3) is 3.10. The Morgan fingerprint density at radius 1 is 0.950 bits per heavy atom. The molecule has 1 N–H and O–H groups in total. The maximum atomic E-state index is 9.97. The molecule has 0 bridgehead atoms. The highest BCUT2D eigenvalue weighted by Crippen LogP contribution is 2.41. The summed E-state index contributed by atoms with van der Waals surface area (Å²) >= 11 is 0. The summed E-state index contributed by atoms with van der Waals surface area (Å²) in [6.07, 6.45) is 3.18. The van der Waals surface area contributed by atoms with Crippen LogP contribution in [0.4, 0.5) is 0 Å². The fourth-order valence-electron chi connectivity index (χ4n) is 2.51. The predicted molar refractivity (Wildman–Crippen MR) is 75.0 cm³/mol. The van der Waals surface area contributed by atoms with Crippen LogP contribution in [-0.2, 0) is 0 Å². The first-order valence-electron chi connectivity index (χ1n) is 6.84. The Labute approximate surface area is 119 Å². The van der Waals surface area contributed by atoms with E-state index in [0.29, 0.717) is 23.0 Å². The molecular weight excluding hydrogens is 260 g/mol. The van der Waals surface area contributed by atoms with E-state index >= 15 is 0 Å². The second kappa shape index (κ2) is 6.70. The molecule has 0 aromatic heterocycles. The van der Waals surface area contributed by atoms with E-state index in [9.17, 15) is 5.11 Å². The fourth-order valence-corrected chi connectivity index (χ4v) is 2.51. The van der Waals surface area contributed by atoms with E-state index < -0.39 is 6.10 Å². The van der Waals surface area contributed by atoms with Crippen molar-refractivity contribution in [2.75, 3.05) is 21.3 Å². The predicted octanol–water partition coefficient (Wildman–Crippen LogP) is 2.39. The number of hydrogen-bond acceptors (Lipinski definition) is 5. The minimum atomic E-state index is -0.414. The van der Waals surface area contributed by atoms with Crippen LogP contribution in [0.5, 0.6) is 23.0 Å². The monoisotopic (exact) mass is 282 g/mol. The third-order valence-corrected chi connectivity index (χ3v) is 3.59. The van der Waals surface area contributed by atoms with E-state index in [1.807, 2.05) is 0 Å². The molecule has 0 aliphatic heterocycles. The second-order valence-corrected chi connectivity index (χ2v) is 4.87. The van der Waals surface area contributed by atoms with Crippen LogP contribution in [0.2, 0.25) is 0 Å². The first kappa shape index (κ1) is 14.8. The Morgan fingerprint density at radius 2 is 1.55 bits per heavy atom. The van der Waals surface area contributed by atoms with Gasteiger partial charge in [0.25, 0.3) is 0 Å². The molecule has 0 saturated heterocycles. The molecule has 1 aliphatic rings. The Kier molecular flexibility index (Phi) is 4.95. The summed E-state index contributed by atoms with van der Waals surface area (Å²) in [4.78, 5) is 0. The van der Waals surface area contributed by atoms with Crippen LogP contribution in [-0.4, -0.2) is 38.6 Å². The van der Waals surface area contributed by atoms with Gasteiger partial charge in [0.1, 0.15) is 11.9 Å². The van der Waals surface area contributed by atoms with Gasteiger partial charge in [0.05, 0.1) is 27.4 Å². The summed E-state index contributed by atoms with van der Waals surface area (Å²) in [5, 5.41) is 9.97. The molecule has 2 rings (SSSR count). The van der Waals surface area contributed by atoms with Crippen molar-refractivity contribution in [2.24, 2.45) is 0 Å². The van der Waals surface area contributed by atoms with Gasteiger partial charge >= 0.3 is 0 Å². The van der Waals surface area contributed by atoms with Crippen molar-refractivity contribution in [3.8, 4) is 23.0 Å². The highest BCUT2D eigenvalue weighted by molar-refractivity contribution is 5.55. The van der Waals surface area contributed by atoms with Crippen LogP contribution in [0.1, 0.15) is 25.7 Å². The van der Waals surface area contributed by atoms with Gasteiger partial charge in [-0.2, -0.15) is 0 Å². The van der Waals surface area contributed by atoms with Crippen LogP contribution in [0.15, 0.2) is 12.1 Å². The van der Waals surface area contributed by atoms with Crippen LogP contribution >= 0.6 is 0 Å². The van der Waals surface area contributed by atoms with Gasteiger partial charge in [-0.3, -0.25) is 0 Å². The summed E-state index contributed by atoms with van der Waals surface area (Å²) in [6.45, 7) is 0. The Hall–Kier alpha value is -1.62. The zero-order valence-electron chi connectivity index (χ0n) is 12.2. The molecule has 20 heavy (non-hydrogen) atoms.